The topological polar surface area (TPSA) is 79.0 Å². The number of anilines is 2. The van der Waals surface area contributed by atoms with Gasteiger partial charge in [0.25, 0.3) is 5.91 Å². The van der Waals surface area contributed by atoms with Crippen LogP contribution >= 0.6 is 0 Å². The van der Waals surface area contributed by atoms with Crippen molar-refractivity contribution >= 4 is 29.1 Å². The maximum Gasteiger partial charge on any atom is 0.252 e. The van der Waals surface area contributed by atoms with Crippen LogP contribution in [0, 0.1) is 0 Å². The molecule has 2 fully saturated rings. The van der Waals surface area contributed by atoms with Crippen molar-refractivity contribution in [2.75, 3.05) is 23.9 Å². The summed E-state index contributed by atoms with van der Waals surface area (Å²) >= 11 is 0. The van der Waals surface area contributed by atoms with E-state index in [4.69, 9.17) is 4.74 Å². The zero-order chi connectivity index (χ0) is 20.4. The normalized spacial score (nSPS) is 19.2. The van der Waals surface area contributed by atoms with E-state index in [9.17, 15) is 14.4 Å². The van der Waals surface area contributed by atoms with Gasteiger partial charge in [0.15, 0.2) is 0 Å². The zero-order valence-corrected chi connectivity index (χ0v) is 16.3. The Morgan fingerprint density at radius 2 is 1.86 bits per heavy atom. The molecule has 0 bridgehead atoms. The van der Waals surface area contributed by atoms with Gasteiger partial charge in [0.1, 0.15) is 11.8 Å². The summed E-state index contributed by atoms with van der Waals surface area (Å²) in [7, 11) is 1.55. The van der Waals surface area contributed by atoms with E-state index >= 15 is 0 Å². The maximum atomic E-state index is 12.8. The first-order chi connectivity index (χ1) is 14.1. The van der Waals surface area contributed by atoms with Crippen LogP contribution in [0.1, 0.15) is 24.8 Å². The third kappa shape index (κ3) is 3.81. The van der Waals surface area contributed by atoms with Gasteiger partial charge in [-0.2, -0.15) is 0 Å². The number of hydrogen-bond donors (Lipinski definition) is 1. The van der Waals surface area contributed by atoms with Crippen LogP contribution in [-0.4, -0.2) is 42.3 Å². The molecule has 29 heavy (non-hydrogen) atoms. The van der Waals surface area contributed by atoms with Crippen LogP contribution in [0.2, 0.25) is 0 Å². The highest BCUT2D eigenvalue weighted by Gasteiger charge is 2.38. The molecule has 2 aliphatic rings. The van der Waals surface area contributed by atoms with E-state index in [1.165, 1.54) is 4.90 Å². The minimum atomic E-state index is -0.616. The van der Waals surface area contributed by atoms with E-state index in [0.29, 0.717) is 24.4 Å². The Labute approximate surface area is 169 Å². The average molecular weight is 393 g/mol. The fourth-order valence-electron chi connectivity index (χ4n) is 3.82. The summed E-state index contributed by atoms with van der Waals surface area (Å²) in [5, 5.41) is 3.15. The highest BCUT2D eigenvalue weighted by Crippen LogP contribution is 2.34. The van der Waals surface area contributed by atoms with Crippen LogP contribution in [0.4, 0.5) is 11.4 Å². The lowest BCUT2D eigenvalue weighted by molar-refractivity contribution is -0.139. The second-order valence-electron chi connectivity index (χ2n) is 7.24. The van der Waals surface area contributed by atoms with Crippen LogP contribution in [0.15, 0.2) is 48.5 Å². The third-order valence-corrected chi connectivity index (χ3v) is 5.31. The quantitative estimate of drug-likeness (QED) is 0.763. The molecule has 4 rings (SSSR count). The number of ether oxygens (including phenoxy) is 1. The van der Waals surface area contributed by atoms with E-state index < -0.39 is 6.04 Å². The van der Waals surface area contributed by atoms with Crippen molar-refractivity contribution in [2.24, 2.45) is 0 Å². The Kier molecular flexibility index (Phi) is 5.20. The smallest absolute Gasteiger partial charge is 0.252 e. The van der Waals surface area contributed by atoms with Crippen LogP contribution < -0.4 is 15.0 Å². The molecule has 1 N–H and O–H groups in total. The molecule has 2 heterocycles. The highest BCUT2D eigenvalue weighted by atomic mass is 16.5. The molecule has 0 radical (unpaired) electrons. The number of likely N-dealkylation sites (tertiary alicyclic amines) is 1. The predicted molar refractivity (Wildman–Crippen MR) is 109 cm³/mol. The van der Waals surface area contributed by atoms with Gasteiger partial charge >= 0.3 is 0 Å². The molecule has 150 valence electrons. The second kappa shape index (κ2) is 7.95. The molecule has 2 aromatic rings. The van der Waals surface area contributed by atoms with Gasteiger partial charge in [0.05, 0.1) is 25.8 Å². The number of rotatable bonds is 6. The monoisotopic (exact) mass is 393 g/mol. The number of methoxy groups -OCH3 is 1. The first kappa shape index (κ1) is 19.0. The molecule has 2 saturated heterocycles. The molecule has 0 saturated carbocycles. The van der Waals surface area contributed by atoms with E-state index in [0.717, 1.165) is 17.7 Å². The molecule has 3 amide bonds. The van der Waals surface area contributed by atoms with Crippen molar-refractivity contribution < 1.29 is 19.1 Å². The number of hydrogen-bond acceptors (Lipinski definition) is 5. The first-order valence-corrected chi connectivity index (χ1v) is 9.70. The van der Waals surface area contributed by atoms with Crippen LogP contribution in [-0.2, 0) is 20.9 Å². The number of nitrogens with one attached hydrogen (secondary N) is 1. The van der Waals surface area contributed by atoms with Gasteiger partial charge in [-0.1, -0.05) is 30.3 Å². The Hall–Kier alpha value is -3.35. The third-order valence-electron chi connectivity index (χ3n) is 5.31. The second-order valence-corrected chi connectivity index (χ2v) is 7.24. The first-order valence-electron chi connectivity index (χ1n) is 9.70. The Balaban J connectivity index is 1.48. The molecule has 1 atom stereocenters. The number of benzene rings is 2. The highest BCUT2D eigenvalue weighted by molar-refractivity contribution is 6.06. The summed E-state index contributed by atoms with van der Waals surface area (Å²) < 4.78 is 5.46. The summed E-state index contributed by atoms with van der Waals surface area (Å²) in [4.78, 5) is 40.2. The fourth-order valence-corrected chi connectivity index (χ4v) is 3.82. The van der Waals surface area contributed by atoms with Crippen molar-refractivity contribution in [1.29, 1.82) is 0 Å². The van der Waals surface area contributed by atoms with Crippen molar-refractivity contribution in [3.8, 4) is 5.75 Å². The molecule has 2 aliphatic heterocycles. The largest absolute Gasteiger partial charge is 0.494 e. The lowest BCUT2D eigenvalue weighted by atomic mass is 10.2. The van der Waals surface area contributed by atoms with Gasteiger partial charge in [0, 0.05) is 24.7 Å². The number of amides is 3. The van der Waals surface area contributed by atoms with E-state index in [2.05, 4.69) is 5.32 Å². The number of nitrogens with zero attached hydrogens (tertiary/aromatic N) is 2. The minimum absolute atomic E-state index is 0.0807. The Bertz CT molecular complexity index is 944. The Morgan fingerprint density at radius 3 is 2.55 bits per heavy atom. The summed E-state index contributed by atoms with van der Waals surface area (Å²) in [6.07, 6.45) is 1.48. The molecule has 7 heteroatoms. The fraction of sp³-hybridized carbons (Fsp3) is 0.318. The zero-order valence-electron chi connectivity index (χ0n) is 16.3. The van der Waals surface area contributed by atoms with Gasteiger partial charge in [0.2, 0.25) is 11.8 Å². The minimum Gasteiger partial charge on any atom is -0.494 e. The van der Waals surface area contributed by atoms with Gasteiger partial charge in [-0.3, -0.25) is 19.3 Å². The Morgan fingerprint density at radius 1 is 1.07 bits per heavy atom. The molecule has 0 unspecified atom stereocenters. The molecule has 0 aliphatic carbocycles. The van der Waals surface area contributed by atoms with Crippen LogP contribution in [0.3, 0.4) is 0 Å². The van der Waals surface area contributed by atoms with Crippen molar-refractivity contribution in [1.82, 2.24) is 4.90 Å². The van der Waals surface area contributed by atoms with Crippen molar-refractivity contribution in [3.63, 3.8) is 0 Å². The summed E-state index contributed by atoms with van der Waals surface area (Å²) in [5.41, 5.74) is 2.31. The summed E-state index contributed by atoms with van der Waals surface area (Å²) in [5.74, 6) is 0.208. The number of imide groups is 1. The summed E-state index contributed by atoms with van der Waals surface area (Å²) in [6, 6.07) is 14.2. The number of carbonyl (C=O) groups is 3. The van der Waals surface area contributed by atoms with E-state index in [1.807, 2.05) is 36.4 Å². The lowest BCUT2D eigenvalue weighted by Gasteiger charge is -2.21. The maximum absolute atomic E-state index is 12.8. The van der Waals surface area contributed by atoms with E-state index in [1.54, 1.807) is 24.1 Å². The summed E-state index contributed by atoms with van der Waals surface area (Å²) in [6.45, 7) is 0.946. The van der Waals surface area contributed by atoms with Crippen LogP contribution in [0.5, 0.6) is 5.75 Å². The SMILES string of the molecule is COc1cc(N[C@@H]2CC(=O)N(Cc3ccccc3)C2=O)ccc1N1CCCC1=O. The van der Waals surface area contributed by atoms with Crippen molar-refractivity contribution in [2.45, 2.75) is 31.8 Å². The van der Waals surface area contributed by atoms with Gasteiger partial charge in [-0.05, 0) is 24.1 Å². The predicted octanol–water partition coefficient (Wildman–Crippen LogP) is 2.56. The van der Waals surface area contributed by atoms with Crippen molar-refractivity contribution in [3.05, 3.63) is 54.1 Å². The van der Waals surface area contributed by atoms with Gasteiger partial charge in [-0.15, -0.1) is 0 Å². The molecule has 0 aromatic heterocycles. The molecule has 2 aromatic carbocycles. The number of carbonyl (C=O) groups excluding carboxylic acids is 3. The lowest BCUT2D eigenvalue weighted by Crippen LogP contribution is -2.34. The van der Waals surface area contributed by atoms with Gasteiger partial charge < -0.3 is 15.0 Å². The molecule has 7 nitrogen and oxygen atoms in total. The van der Waals surface area contributed by atoms with Crippen LogP contribution in [0.25, 0.3) is 0 Å². The van der Waals surface area contributed by atoms with E-state index in [-0.39, 0.29) is 30.7 Å². The molecular weight excluding hydrogens is 370 g/mol. The standard InChI is InChI=1S/C22H23N3O4/c1-29-19-12-16(9-10-18(19)24-11-5-8-20(24)26)23-17-13-21(27)25(22(17)28)14-15-6-3-2-4-7-15/h2-4,6-7,9-10,12,17,23H,5,8,11,13-14H2,1H3/t17-/m1/s1. The molecule has 0 spiro atoms. The van der Waals surface area contributed by atoms with Gasteiger partial charge in [-0.25, -0.2) is 0 Å². The molecular formula is C22H23N3O4. The average Bonchev–Trinajstić information content (AvgIpc) is 3.27.